The van der Waals surface area contributed by atoms with Crippen molar-refractivity contribution in [3.63, 3.8) is 0 Å². The second-order valence-electron chi connectivity index (χ2n) is 5.09. The second kappa shape index (κ2) is 8.59. The fourth-order valence-corrected chi connectivity index (χ4v) is 2.35. The number of benzene rings is 1. The summed E-state index contributed by atoms with van der Waals surface area (Å²) in [6.07, 6.45) is 2.33. The Morgan fingerprint density at radius 1 is 1.38 bits per heavy atom. The molecule has 0 saturated carbocycles. The molecule has 1 amide bonds. The van der Waals surface area contributed by atoms with Gasteiger partial charge in [0, 0.05) is 25.1 Å². The Morgan fingerprint density at radius 3 is 2.67 bits per heavy atom. The monoisotopic (exact) mass is 313 g/mol. The highest BCUT2D eigenvalue weighted by atomic mass is 35.5. The van der Waals surface area contributed by atoms with Gasteiger partial charge in [-0.1, -0.05) is 12.1 Å². The van der Waals surface area contributed by atoms with Crippen LogP contribution in [-0.2, 0) is 11.2 Å². The van der Waals surface area contributed by atoms with Crippen molar-refractivity contribution in [1.29, 1.82) is 0 Å². The van der Waals surface area contributed by atoms with Gasteiger partial charge in [0.05, 0.1) is 4.92 Å². The third kappa shape index (κ3) is 5.69. The Labute approximate surface area is 129 Å². The van der Waals surface area contributed by atoms with Crippen molar-refractivity contribution in [3.8, 4) is 0 Å². The van der Waals surface area contributed by atoms with Gasteiger partial charge in [0.1, 0.15) is 0 Å². The summed E-state index contributed by atoms with van der Waals surface area (Å²) < 4.78 is 0. The third-order valence-electron chi connectivity index (χ3n) is 3.52. The Hall–Kier alpha value is -1.66. The minimum atomic E-state index is -0.415. The first-order chi connectivity index (χ1) is 9.65. The number of amides is 1. The van der Waals surface area contributed by atoms with Crippen LogP contribution in [0.25, 0.3) is 0 Å². The van der Waals surface area contributed by atoms with Gasteiger partial charge in [-0.15, -0.1) is 12.4 Å². The Kier molecular flexibility index (Phi) is 7.11. The summed E-state index contributed by atoms with van der Waals surface area (Å²) in [7, 11) is 0. The average molecular weight is 314 g/mol. The van der Waals surface area contributed by atoms with Crippen molar-refractivity contribution in [2.75, 3.05) is 19.6 Å². The number of nitrogens with one attached hydrogen (secondary N) is 2. The van der Waals surface area contributed by atoms with Crippen molar-refractivity contribution < 1.29 is 9.72 Å². The van der Waals surface area contributed by atoms with Gasteiger partial charge < -0.3 is 10.6 Å². The smallest absolute Gasteiger partial charge is 0.269 e. The SMILES string of the molecule is Cl.O=C(CC1CCNC1)NCCc1ccc([N+](=O)[O-])cc1. The Bertz CT molecular complexity index is 473. The standard InChI is InChI=1S/C14H19N3O3.ClH/c18-14(9-12-5-7-15-10-12)16-8-6-11-1-3-13(4-2-11)17(19)20;/h1-4,12,15H,5-10H2,(H,16,18);1H. The molecule has 7 heteroatoms. The van der Waals surface area contributed by atoms with E-state index in [0.717, 1.165) is 25.1 Å². The van der Waals surface area contributed by atoms with Gasteiger partial charge in [-0.3, -0.25) is 14.9 Å². The van der Waals surface area contributed by atoms with Crippen molar-refractivity contribution in [2.45, 2.75) is 19.3 Å². The number of halogens is 1. The zero-order valence-corrected chi connectivity index (χ0v) is 12.5. The number of hydrogen-bond donors (Lipinski definition) is 2. The molecule has 1 heterocycles. The van der Waals surface area contributed by atoms with Gasteiger partial charge in [0.25, 0.3) is 5.69 Å². The fraction of sp³-hybridized carbons (Fsp3) is 0.500. The number of hydrogen-bond acceptors (Lipinski definition) is 4. The Morgan fingerprint density at radius 2 is 2.10 bits per heavy atom. The minimum absolute atomic E-state index is 0. The van der Waals surface area contributed by atoms with E-state index in [4.69, 9.17) is 0 Å². The number of non-ortho nitro benzene ring substituents is 1. The first kappa shape index (κ1) is 17.4. The van der Waals surface area contributed by atoms with E-state index in [0.29, 0.717) is 25.3 Å². The van der Waals surface area contributed by atoms with Gasteiger partial charge in [-0.05, 0) is 37.4 Å². The predicted octanol–water partition coefficient (Wildman–Crippen LogP) is 1.67. The summed E-state index contributed by atoms with van der Waals surface area (Å²) in [5.41, 5.74) is 1.07. The molecule has 1 aliphatic rings. The summed E-state index contributed by atoms with van der Waals surface area (Å²) >= 11 is 0. The van der Waals surface area contributed by atoms with Crippen LogP contribution in [0.2, 0.25) is 0 Å². The lowest BCUT2D eigenvalue weighted by molar-refractivity contribution is -0.384. The number of nitro benzene ring substituents is 1. The van der Waals surface area contributed by atoms with E-state index in [1.807, 2.05) is 0 Å². The zero-order valence-electron chi connectivity index (χ0n) is 11.7. The van der Waals surface area contributed by atoms with Crippen molar-refractivity contribution >= 4 is 24.0 Å². The summed E-state index contributed by atoms with van der Waals surface area (Å²) in [5.74, 6) is 0.537. The number of nitro groups is 1. The van der Waals surface area contributed by atoms with Gasteiger partial charge in [-0.25, -0.2) is 0 Å². The maximum atomic E-state index is 11.7. The summed E-state index contributed by atoms with van der Waals surface area (Å²) in [6.45, 7) is 2.49. The van der Waals surface area contributed by atoms with Crippen LogP contribution < -0.4 is 10.6 Å². The molecule has 2 N–H and O–H groups in total. The highest BCUT2D eigenvalue weighted by Gasteiger charge is 2.17. The van der Waals surface area contributed by atoms with E-state index >= 15 is 0 Å². The molecule has 1 saturated heterocycles. The first-order valence-electron chi connectivity index (χ1n) is 6.86. The van der Waals surface area contributed by atoms with Crippen LogP contribution in [0, 0.1) is 16.0 Å². The van der Waals surface area contributed by atoms with E-state index in [1.165, 1.54) is 12.1 Å². The van der Waals surface area contributed by atoms with Crippen LogP contribution >= 0.6 is 12.4 Å². The van der Waals surface area contributed by atoms with E-state index in [2.05, 4.69) is 10.6 Å². The Balaban J connectivity index is 0.00000220. The van der Waals surface area contributed by atoms with Crippen LogP contribution in [-0.4, -0.2) is 30.5 Å². The third-order valence-corrected chi connectivity index (χ3v) is 3.52. The van der Waals surface area contributed by atoms with Gasteiger partial charge in [-0.2, -0.15) is 0 Å². The second-order valence-corrected chi connectivity index (χ2v) is 5.09. The fourth-order valence-electron chi connectivity index (χ4n) is 2.35. The molecule has 0 spiro atoms. The van der Waals surface area contributed by atoms with Gasteiger partial charge in [0.2, 0.25) is 5.91 Å². The van der Waals surface area contributed by atoms with Crippen LogP contribution in [0.15, 0.2) is 24.3 Å². The van der Waals surface area contributed by atoms with Crippen molar-refractivity contribution in [3.05, 3.63) is 39.9 Å². The highest BCUT2D eigenvalue weighted by Crippen LogP contribution is 2.13. The van der Waals surface area contributed by atoms with Crippen molar-refractivity contribution in [2.24, 2.45) is 5.92 Å². The molecule has 1 aliphatic heterocycles. The molecule has 2 rings (SSSR count). The molecule has 0 bridgehead atoms. The summed E-state index contributed by atoms with van der Waals surface area (Å²) in [4.78, 5) is 21.8. The van der Waals surface area contributed by atoms with Gasteiger partial charge >= 0.3 is 0 Å². The van der Waals surface area contributed by atoms with E-state index in [9.17, 15) is 14.9 Å². The maximum absolute atomic E-state index is 11.7. The topological polar surface area (TPSA) is 84.3 Å². The first-order valence-corrected chi connectivity index (χ1v) is 6.86. The van der Waals surface area contributed by atoms with E-state index in [-0.39, 0.29) is 24.0 Å². The molecule has 1 aromatic carbocycles. The largest absolute Gasteiger partial charge is 0.356 e. The van der Waals surface area contributed by atoms with Crippen LogP contribution in [0.1, 0.15) is 18.4 Å². The maximum Gasteiger partial charge on any atom is 0.269 e. The molecule has 1 unspecified atom stereocenters. The molecular formula is C14H20ClN3O3. The number of rotatable bonds is 6. The van der Waals surface area contributed by atoms with Gasteiger partial charge in [0.15, 0.2) is 0 Å². The lowest BCUT2D eigenvalue weighted by Crippen LogP contribution is -2.28. The minimum Gasteiger partial charge on any atom is -0.356 e. The number of nitrogens with zero attached hydrogens (tertiary/aromatic N) is 1. The van der Waals surface area contributed by atoms with E-state index in [1.54, 1.807) is 12.1 Å². The molecule has 0 aromatic heterocycles. The number of carbonyl (C=O) groups is 1. The highest BCUT2D eigenvalue weighted by molar-refractivity contribution is 5.85. The molecular weight excluding hydrogens is 294 g/mol. The van der Waals surface area contributed by atoms with Crippen molar-refractivity contribution in [1.82, 2.24) is 10.6 Å². The molecule has 0 radical (unpaired) electrons. The lowest BCUT2D eigenvalue weighted by Gasteiger charge is -2.09. The van der Waals surface area contributed by atoms with Crippen LogP contribution in [0.5, 0.6) is 0 Å². The summed E-state index contributed by atoms with van der Waals surface area (Å²) in [5, 5.41) is 16.7. The lowest BCUT2D eigenvalue weighted by atomic mass is 10.0. The molecule has 21 heavy (non-hydrogen) atoms. The normalized spacial score (nSPS) is 17.0. The quantitative estimate of drug-likeness (QED) is 0.618. The summed E-state index contributed by atoms with van der Waals surface area (Å²) in [6, 6.07) is 6.43. The molecule has 1 fully saturated rings. The zero-order chi connectivity index (χ0) is 14.4. The average Bonchev–Trinajstić information content (AvgIpc) is 2.92. The van der Waals surface area contributed by atoms with Crippen LogP contribution in [0.3, 0.4) is 0 Å². The predicted molar refractivity (Wildman–Crippen MR) is 82.7 cm³/mol. The van der Waals surface area contributed by atoms with Crippen LogP contribution in [0.4, 0.5) is 5.69 Å². The number of carbonyl (C=O) groups excluding carboxylic acids is 1. The van der Waals surface area contributed by atoms with E-state index < -0.39 is 4.92 Å². The molecule has 1 atom stereocenters. The molecule has 6 nitrogen and oxygen atoms in total. The molecule has 1 aromatic rings. The molecule has 116 valence electrons. The molecule has 0 aliphatic carbocycles.